The Balaban J connectivity index is 1.30. The lowest BCUT2D eigenvalue weighted by Gasteiger charge is -2.32. The van der Waals surface area contributed by atoms with Crippen molar-refractivity contribution < 1.29 is 14.3 Å². The molecule has 0 spiro atoms. The summed E-state index contributed by atoms with van der Waals surface area (Å²) >= 11 is 0. The van der Waals surface area contributed by atoms with Crippen LogP contribution in [0.15, 0.2) is 36.4 Å². The summed E-state index contributed by atoms with van der Waals surface area (Å²) in [6.07, 6.45) is -0.726. The van der Waals surface area contributed by atoms with Crippen molar-refractivity contribution in [3.05, 3.63) is 59.0 Å². The highest BCUT2D eigenvalue weighted by Gasteiger charge is 2.30. The van der Waals surface area contributed by atoms with Gasteiger partial charge in [-0.05, 0) is 62.7 Å². The van der Waals surface area contributed by atoms with Gasteiger partial charge in [0.25, 0.3) is 11.8 Å². The van der Waals surface area contributed by atoms with E-state index in [0.29, 0.717) is 24.4 Å². The molecule has 0 saturated carbocycles. The number of morpholine rings is 1. The molecule has 1 atom stereocenters. The molecule has 2 aromatic carbocycles. The van der Waals surface area contributed by atoms with Gasteiger partial charge in [-0.25, -0.2) is 4.98 Å². The topological polar surface area (TPSA) is 103 Å². The zero-order chi connectivity index (χ0) is 22.4. The molecule has 0 bridgehead atoms. The number of nitrogens with one attached hydrogen (secondary N) is 3. The Hall–Kier alpha value is -3.65. The number of benzene rings is 2. The van der Waals surface area contributed by atoms with Crippen LogP contribution in [0.25, 0.3) is 21.9 Å². The average Bonchev–Trinajstić information content (AvgIpc) is 3.30. The molecule has 8 heteroatoms. The van der Waals surface area contributed by atoms with Crippen LogP contribution in [0.3, 0.4) is 0 Å². The van der Waals surface area contributed by atoms with Crippen LogP contribution < -0.4 is 5.32 Å². The smallest absolute Gasteiger partial charge is 0.255 e. The molecule has 32 heavy (non-hydrogen) atoms. The molecular weight excluding hydrogens is 406 g/mol. The largest absolute Gasteiger partial charge is 0.365 e. The van der Waals surface area contributed by atoms with Gasteiger partial charge in [0.15, 0.2) is 6.10 Å². The van der Waals surface area contributed by atoms with Crippen molar-refractivity contribution in [2.45, 2.75) is 26.9 Å². The first-order valence-electron chi connectivity index (χ1n) is 10.7. The summed E-state index contributed by atoms with van der Waals surface area (Å²) < 4.78 is 5.69. The van der Waals surface area contributed by atoms with Crippen molar-refractivity contribution in [3.8, 4) is 0 Å². The number of anilines is 1. The third-order valence-electron chi connectivity index (χ3n) is 6.07. The summed E-state index contributed by atoms with van der Waals surface area (Å²) in [5.74, 6) is 0.419. The van der Waals surface area contributed by atoms with Crippen LogP contribution in [0.1, 0.15) is 27.4 Å². The van der Waals surface area contributed by atoms with Gasteiger partial charge in [-0.1, -0.05) is 0 Å². The van der Waals surface area contributed by atoms with Crippen molar-refractivity contribution in [3.63, 3.8) is 0 Å². The van der Waals surface area contributed by atoms with Gasteiger partial charge in [0.1, 0.15) is 5.82 Å². The lowest BCUT2D eigenvalue weighted by Crippen LogP contribution is -2.50. The van der Waals surface area contributed by atoms with Crippen LogP contribution >= 0.6 is 0 Å². The number of amides is 2. The van der Waals surface area contributed by atoms with Crippen molar-refractivity contribution >= 4 is 39.4 Å². The van der Waals surface area contributed by atoms with E-state index in [2.05, 4.69) is 27.2 Å². The van der Waals surface area contributed by atoms with E-state index in [1.165, 1.54) is 0 Å². The monoisotopic (exact) mass is 431 g/mol. The van der Waals surface area contributed by atoms with E-state index in [9.17, 15) is 9.59 Å². The molecule has 1 aliphatic heterocycles. The highest BCUT2D eigenvalue weighted by atomic mass is 16.5. The number of aromatic amines is 2. The van der Waals surface area contributed by atoms with E-state index < -0.39 is 6.10 Å². The van der Waals surface area contributed by atoms with Gasteiger partial charge in [-0.3, -0.25) is 9.59 Å². The number of rotatable bonds is 3. The van der Waals surface area contributed by atoms with Crippen molar-refractivity contribution in [2.24, 2.45) is 0 Å². The maximum absolute atomic E-state index is 13.1. The number of carbonyl (C=O) groups is 2. The standard InChI is InChI=1S/C24H25N5O3/c1-13-14(2)25-19-7-5-17(11-18(13)19)28-23(30)22-12-29(8-9-32-22)24(31)16-4-6-20-21(10-16)27-15(3)26-20/h4-7,10-11,22,25H,8-9,12H2,1-3H3,(H,26,27)(H,28,30). The van der Waals surface area contributed by atoms with E-state index in [4.69, 9.17) is 4.74 Å². The van der Waals surface area contributed by atoms with Gasteiger partial charge in [0.2, 0.25) is 0 Å². The molecule has 4 aromatic rings. The number of hydrogen-bond donors (Lipinski definition) is 3. The Kier molecular flexibility index (Phi) is 4.94. The van der Waals surface area contributed by atoms with E-state index in [1.54, 1.807) is 17.0 Å². The normalized spacial score (nSPS) is 16.6. The highest BCUT2D eigenvalue weighted by molar-refractivity contribution is 6.00. The summed E-state index contributed by atoms with van der Waals surface area (Å²) in [5.41, 5.74) is 6.21. The van der Waals surface area contributed by atoms with Crippen LogP contribution in [0, 0.1) is 20.8 Å². The fourth-order valence-electron chi connectivity index (χ4n) is 4.21. The molecule has 2 amide bonds. The first-order valence-corrected chi connectivity index (χ1v) is 10.7. The van der Waals surface area contributed by atoms with Crippen molar-refractivity contribution in [2.75, 3.05) is 25.0 Å². The maximum atomic E-state index is 13.1. The van der Waals surface area contributed by atoms with Crippen LogP contribution in [0.2, 0.25) is 0 Å². The van der Waals surface area contributed by atoms with Gasteiger partial charge in [0.05, 0.1) is 24.2 Å². The van der Waals surface area contributed by atoms with Crippen LogP contribution in [0.4, 0.5) is 5.69 Å². The minimum absolute atomic E-state index is 0.125. The second-order valence-corrected chi connectivity index (χ2v) is 8.29. The van der Waals surface area contributed by atoms with E-state index >= 15 is 0 Å². The van der Waals surface area contributed by atoms with Gasteiger partial charge in [-0.15, -0.1) is 0 Å². The lowest BCUT2D eigenvalue weighted by molar-refractivity contribution is -0.131. The van der Waals surface area contributed by atoms with E-state index in [0.717, 1.165) is 39.0 Å². The fraction of sp³-hybridized carbons (Fsp3) is 0.292. The Labute approximate surface area is 185 Å². The zero-order valence-corrected chi connectivity index (χ0v) is 18.3. The number of hydrogen-bond acceptors (Lipinski definition) is 4. The van der Waals surface area contributed by atoms with Crippen LogP contribution in [0.5, 0.6) is 0 Å². The number of nitrogens with zero attached hydrogens (tertiary/aromatic N) is 2. The van der Waals surface area contributed by atoms with Crippen molar-refractivity contribution in [1.82, 2.24) is 19.9 Å². The van der Waals surface area contributed by atoms with E-state index in [1.807, 2.05) is 38.1 Å². The number of imidazole rings is 1. The molecule has 1 unspecified atom stereocenters. The first kappa shape index (κ1) is 20.3. The molecule has 2 aromatic heterocycles. The summed E-state index contributed by atoms with van der Waals surface area (Å²) in [6.45, 7) is 6.91. The molecule has 3 N–H and O–H groups in total. The predicted molar refractivity (Wildman–Crippen MR) is 123 cm³/mol. The number of carbonyl (C=O) groups excluding carboxylic acids is 2. The van der Waals surface area contributed by atoms with Gasteiger partial charge >= 0.3 is 0 Å². The van der Waals surface area contributed by atoms with Gasteiger partial charge in [0, 0.05) is 34.4 Å². The molecule has 1 fully saturated rings. The number of aryl methyl sites for hydroxylation is 3. The summed E-state index contributed by atoms with van der Waals surface area (Å²) in [6, 6.07) is 11.2. The molecular formula is C24H25N5O3. The SMILES string of the molecule is Cc1nc2ccc(C(=O)N3CCOC(C(=O)Nc4ccc5[nH]c(C)c(C)c5c4)C3)cc2[nH]1. The second kappa shape index (κ2) is 7.80. The Morgan fingerprint density at radius 1 is 1.09 bits per heavy atom. The Morgan fingerprint density at radius 2 is 1.94 bits per heavy atom. The number of fused-ring (bicyclic) bond motifs is 2. The van der Waals surface area contributed by atoms with Gasteiger partial charge in [-0.2, -0.15) is 0 Å². The first-order chi connectivity index (χ1) is 15.4. The van der Waals surface area contributed by atoms with Gasteiger partial charge < -0.3 is 24.9 Å². The lowest BCUT2D eigenvalue weighted by atomic mass is 10.1. The highest BCUT2D eigenvalue weighted by Crippen LogP contribution is 2.25. The predicted octanol–water partition coefficient (Wildman–Crippen LogP) is 3.45. The Morgan fingerprint density at radius 3 is 2.78 bits per heavy atom. The molecule has 1 saturated heterocycles. The zero-order valence-electron chi connectivity index (χ0n) is 18.3. The average molecular weight is 431 g/mol. The fourth-order valence-corrected chi connectivity index (χ4v) is 4.21. The summed E-state index contributed by atoms with van der Waals surface area (Å²) in [5, 5.41) is 4.01. The minimum Gasteiger partial charge on any atom is -0.365 e. The summed E-state index contributed by atoms with van der Waals surface area (Å²) in [4.78, 5) is 38.5. The molecule has 0 aliphatic carbocycles. The van der Waals surface area contributed by atoms with Crippen LogP contribution in [-0.4, -0.2) is 57.5 Å². The molecule has 5 rings (SSSR count). The van der Waals surface area contributed by atoms with Crippen LogP contribution in [-0.2, 0) is 9.53 Å². The molecule has 164 valence electrons. The third kappa shape index (κ3) is 3.62. The number of H-pyrrole nitrogens is 2. The van der Waals surface area contributed by atoms with E-state index in [-0.39, 0.29) is 18.4 Å². The molecule has 0 radical (unpaired) electrons. The summed E-state index contributed by atoms with van der Waals surface area (Å²) in [7, 11) is 0. The quantitative estimate of drug-likeness (QED) is 0.462. The minimum atomic E-state index is -0.726. The number of ether oxygens (including phenoxy) is 1. The maximum Gasteiger partial charge on any atom is 0.255 e. The van der Waals surface area contributed by atoms with Crippen molar-refractivity contribution in [1.29, 1.82) is 0 Å². The molecule has 3 heterocycles. The third-order valence-corrected chi connectivity index (χ3v) is 6.07. The second-order valence-electron chi connectivity index (χ2n) is 8.29. The molecule has 8 nitrogen and oxygen atoms in total. The number of aromatic nitrogens is 3. The molecule has 1 aliphatic rings. The Bertz CT molecular complexity index is 1350.